The summed E-state index contributed by atoms with van der Waals surface area (Å²) in [6.45, 7) is 0.845. The summed E-state index contributed by atoms with van der Waals surface area (Å²) in [6.07, 6.45) is 4.35. The number of hydrogen-bond acceptors (Lipinski definition) is 5. The lowest BCUT2D eigenvalue weighted by molar-refractivity contribution is 0.422. The Labute approximate surface area is 108 Å². The van der Waals surface area contributed by atoms with Crippen LogP contribution in [-0.2, 0) is 19.9 Å². The number of piperidine rings is 1. The summed E-state index contributed by atoms with van der Waals surface area (Å²) in [6, 6.07) is -0.651. The Bertz CT molecular complexity index is 518. The molecule has 2 aliphatic heterocycles. The fourth-order valence-electron chi connectivity index (χ4n) is 2.26. The molecule has 104 valence electrons. The van der Waals surface area contributed by atoms with Crippen LogP contribution in [0.1, 0.15) is 19.3 Å². The lowest BCUT2D eigenvalue weighted by Crippen LogP contribution is -2.45. The molecule has 0 amide bonds. The van der Waals surface area contributed by atoms with E-state index in [2.05, 4.69) is 10.0 Å². The molecule has 2 N–H and O–H groups in total. The van der Waals surface area contributed by atoms with Gasteiger partial charge in [0.1, 0.15) is 0 Å². The highest BCUT2D eigenvalue weighted by Crippen LogP contribution is 2.12. The van der Waals surface area contributed by atoms with Crippen molar-refractivity contribution < 1.29 is 16.8 Å². The minimum Gasteiger partial charge on any atom is -0.313 e. The molecule has 2 heterocycles. The lowest BCUT2D eigenvalue weighted by atomic mass is 10.1. The van der Waals surface area contributed by atoms with E-state index in [1.165, 1.54) is 6.08 Å². The van der Waals surface area contributed by atoms with E-state index >= 15 is 0 Å². The largest absolute Gasteiger partial charge is 0.313 e. The fourth-order valence-corrected chi connectivity index (χ4v) is 5.13. The highest BCUT2D eigenvalue weighted by molar-refractivity contribution is 7.94. The molecular formula is C10H18N2O4S2. The maximum atomic E-state index is 11.9. The highest BCUT2D eigenvalue weighted by atomic mass is 32.2. The van der Waals surface area contributed by atoms with Crippen molar-refractivity contribution >= 4 is 19.9 Å². The smallest absolute Gasteiger partial charge is 0.213 e. The van der Waals surface area contributed by atoms with Gasteiger partial charge in [0.05, 0.1) is 17.5 Å². The van der Waals surface area contributed by atoms with Gasteiger partial charge in [-0.3, -0.25) is 0 Å². The molecule has 2 aliphatic rings. The summed E-state index contributed by atoms with van der Waals surface area (Å²) in [7, 11) is -6.67. The van der Waals surface area contributed by atoms with Gasteiger partial charge < -0.3 is 5.32 Å². The number of rotatable bonds is 4. The van der Waals surface area contributed by atoms with Crippen LogP contribution < -0.4 is 10.0 Å². The zero-order chi connectivity index (χ0) is 13.2. The molecule has 0 bridgehead atoms. The number of nitrogens with one attached hydrogen (secondary N) is 2. The number of sulfone groups is 1. The highest BCUT2D eigenvalue weighted by Gasteiger charge is 2.27. The third-order valence-electron chi connectivity index (χ3n) is 3.09. The zero-order valence-corrected chi connectivity index (χ0v) is 11.6. The molecule has 2 unspecified atom stereocenters. The van der Waals surface area contributed by atoms with Gasteiger partial charge in [0, 0.05) is 11.4 Å². The Kier molecular flexibility index (Phi) is 4.10. The third kappa shape index (κ3) is 4.04. The van der Waals surface area contributed by atoms with E-state index in [1.807, 2.05) is 0 Å². The molecule has 1 saturated heterocycles. The van der Waals surface area contributed by atoms with Crippen LogP contribution in [0.4, 0.5) is 0 Å². The Morgan fingerprint density at radius 2 is 2.11 bits per heavy atom. The summed E-state index contributed by atoms with van der Waals surface area (Å²) in [5.41, 5.74) is 0. The first kappa shape index (κ1) is 14.0. The topological polar surface area (TPSA) is 92.3 Å². The molecule has 8 heteroatoms. The first-order valence-corrected chi connectivity index (χ1v) is 9.37. The van der Waals surface area contributed by atoms with Gasteiger partial charge >= 0.3 is 0 Å². The molecule has 0 spiro atoms. The van der Waals surface area contributed by atoms with E-state index in [-0.39, 0.29) is 17.5 Å². The summed E-state index contributed by atoms with van der Waals surface area (Å²) >= 11 is 0. The van der Waals surface area contributed by atoms with Crippen molar-refractivity contribution in [2.24, 2.45) is 0 Å². The Morgan fingerprint density at radius 1 is 1.33 bits per heavy atom. The van der Waals surface area contributed by atoms with Crippen LogP contribution in [0.5, 0.6) is 0 Å². The molecule has 2 atom stereocenters. The molecule has 0 aromatic rings. The van der Waals surface area contributed by atoms with Gasteiger partial charge in [-0.25, -0.2) is 21.6 Å². The molecule has 2 rings (SSSR count). The SMILES string of the molecule is O=S1(=O)C=CC(NS(=O)(=O)CC2CCCCN2)C1. The van der Waals surface area contributed by atoms with E-state index < -0.39 is 25.9 Å². The second kappa shape index (κ2) is 5.28. The van der Waals surface area contributed by atoms with Crippen molar-refractivity contribution in [3.05, 3.63) is 11.5 Å². The van der Waals surface area contributed by atoms with Crippen LogP contribution in [-0.4, -0.2) is 47.0 Å². The van der Waals surface area contributed by atoms with Gasteiger partial charge in [0.15, 0.2) is 9.84 Å². The van der Waals surface area contributed by atoms with Crippen molar-refractivity contribution in [1.29, 1.82) is 0 Å². The number of hydrogen-bond donors (Lipinski definition) is 2. The average molecular weight is 294 g/mol. The van der Waals surface area contributed by atoms with Crippen LogP contribution in [0.2, 0.25) is 0 Å². The van der Waals surface area contributed by atoms with Gasteiger partial charge in [0.25, 0.3) is 0 Å². The van der Waals surface area contributed by atoms with Gasteiger partial charge in [-0.05, 0) is 19.4 Å². The summed E-state index contributed by atoms with van der Waals surface area (Å²) in [5, 5.41) is 4.23. The van der Waals surface area contributed by atoms with Crippen LogP contribution in [0.25, 0.3) is 0 Å². The van der Waals surface area contributed by atoms with E-state index in [0.717, 1.165) is 31.2 Å². The van der Waals surface area contributed by atoms with Crippen LogP contribution in [0.3, 0.4) is 0 Å². The van der Waals surface area contributed by atoms with Gasteiger partial charge in [-0.2, -0.15) is 0 Å². The molecule has 18 heavy (non-hydrogen) atoms. The zero-order valence-electron chi connectivity index (χ0n) is 10.0. The monoisotopic (exact) mass is 294 g/mol. The van der Waals surface area contributed by atoms with Crippen LogP contribution in [0.15, 0.2) is 11.5 Å². The Hall–Kier alpha value is -0.440. The van der Waals surface area contributed by atoms with Crippen molar-refractivity contribution in [1.82, 2.24) is 10.0 Å². The minimum atomic E-state index is -3.44. The molecule has 0 saturated carbocycles. The minimum absolute atomic E-state index is 0.0113. The van der Waals surface area contributed by atoms with Crippen molar-refractivity contribution in [3.8, 4) is 0 Å². The van der Waals surface area contributed by atoms with Gasteiger partial charge in [0.2, 0.25) is 10.0 Å². The van der Waals surface area contributed by atoms with Gasteiger partial charge in [-0.1, -0.05) is 12.5 Å². The first-order chi connectivity index (χ1) is 8.36. The van der Waals surface area contributed by atoms with Crippen LogP contribution >= 0.6 is 0 Å². The third-order valence-corrected chi connectivity index (χ3v) is 5.99. The molecule has 6 nitrogen and oxygen atoms in total. The molecule has 0 aromatic heterocycles. The van der Waals surface area contributed by atoms with E-state index in [4.69, 9.17) is 0 Å². The summed E-state index contributed by atoms with van der Waals surface area (Å²) in [5.74, 6) is -0.165. The predicted octanol–water partition coefficient (Wildman–Crippen LogP) is -0.641. The van der Waals surface area contributed by atoms with Gasteiger partial charge in [-0.15, -0.1) is 0 Å². The van der Waals surface area contributed by atoms with Crippen molar-refractivity contribution in [3.63, 3.8) is 0 Å². The molecular weight excluding hydrogens is 276 g/mol. The van der Waals surface area contributed by atoms with E-state index in [0.29, 0.717) is 0 Å². The molecule has 0 radical (unpaired) electrons. The standard InChI is InChI=1S/C10H18N2O4S2/c13-17(14)6-4-10(7-17)12-18(15,16)8-9-3-1-2-5-11-9/h4,6,9-12H,1-3,5,7-8H2. The first-order valence-electron chi connectivity index (χ1n) is 6.01. The Balaban J connectivity index is 1.90. The van der Waals surface area contributed by atoms with Crippen molar-refractivity contribution in [2.75, 3.05) is 18.1 Å². The maximum absolute atomic E-state index is 11.9. The average Bonchev–Trinajstić information content (AvgIpc) is 2.57. The number of sulfonamides is 1. The summed E-state index contributed by atoms with van der Waals surface area (Å²) in [4.78, 5) is 0. The molecule has 0 aromatic carbocycles. The van der Waals surface area contributed by atoms with E-state index in [1.54, 1.807) is 0 Å². The summed E-state index contributed by atoms with van der Waals surface area (Å²) < 4.78 is 48.6. The van der Waals surface area contributed by atoms with Crippen LogP contribution in [0, 0.1) is 0 Å². The second-order valence-electron chi connectivity index (χ2n) is 4.81. The fraction of sp³-hybridized carbons (Fsp3) is 0.800. The van der Waals surface area contributed by atoms with E-state index in [9.17, 15) is 16.8 Å². The second-order valence-corrected chi connectivity index (χ2v) is 8.54. The maximum Gasteiger partial charge on any atom is 0.213 e. The quantitative estimate of drug-likeness (QED) is 0.719. The molecule has 0 aliphatic carbocycles. The molecule has 1 fully saturated rings. The van der Waals surface area contributed by atoms with Crippen molar-refractivity contribution in [2.45, 2.75) is 31.3 Å². The lowest BCUT2D eigenvalue weighted by Gasteiger charge is -2.23. The normalized spacial score (nSPS) is 31.6. The predicted molar refractivity (Wildman–Crippen MR) is 69.3 cm³/mol. The Morgan fingerprint density at radius 3 is 2.67 bits per heavy atom.